The third-order valence-electron chi connectivity index (χ3n) is 2.53. The predicted octanol–water partition coefficient (Wildman–Crippen LogP) is 3.21. The third-order valence-corrected chi connectivity index (χ3v) is 3.46. The SMILES string of the molecule is CCOC(=O)CCc1csc(-c2ccoc2C)n1. The number of nitrogens with zero attached hydrogens (tertiary/aromatic N) is 1. The lowest BCUT2D eigenvalue weighted by atomic mass is 10.2. The van der Waals surface area contributed by atoms with Crippen LogP contribution in [0.3, 0.4) is 0 Å². The summed E-state index contributed by atoms with van der Waals surface area (Å²) >= 11 is 1.56. The molecule has 0 spiro atoms. The highest BCUT2D eigenvalue weighted by atomic mass is 32.1. The minimum absolute atomic E-state index is 0.174. The van der Waals surface area contributed by atoms with Gasteiger partial charge in [0.25, 0.3) is 0 Å². The predicted molar refractivity (Wildman–Crippen MR) is 69.5 cm³/mol. The van der Waals surface area contributed by atoms with E-state index in [0.29, 0.717) is 19.4 Å². The molecule has 0 aliphatic carbocycles. The zero-order valence-corrected chi connectivity index (χ0v) is 11.3. The number of thiazole rings is 1. The van der Waals surface area contributed by atoms with Crippen LogP contribution in [0.5, 0.6) is 0 Å². The highest BCUT2D eigenvalue weighted by molar-refractivity contribution is 7.13. The van der Waals surface area contributed by atoms with Crippen LogP contribution in [0, 0.1) is 6.92 Å². The molecule has 2 aromatic heterocycles. The van der Waals surface area contributed by atoms with Crippen LogP contribution in [0.2, 0.25) is 0 Å². The van der Waals surface area contributed by atoms with E-state index in [1.807, 2.05) is 18.4 Å². The van der Waals surface area contributed by atoms with Gasteiger partial charge in [-0.2, -0.15) is 0 Å². The fourth-order valence-electron chi connectivity index (χ4n) is 1.62. The van der Waals surface area contributed by atoms with Gasteiger partial charge in [0.15, 0.2) is 0 Å². The Morgan fingerprint density at radius 2 is 2.39 bits per heavy atom. The molecule has 5 heteroatoms. The molecule has 4 nitrogen and oxygen atoms in total. The van der Waals surface area contributed by atoms with Crippen molar-refractivity contribution in [2.75, 3.05) is 6.61 Å². The molecular formula is C13H15NO3S. The van der Waals surface area contributed by atoms with Gasteiger partial charge >= 0.3 is 5.97 Å². The number of esters is 1. The lowest BCUT2D eigenvalue weighted by Crippen LogP contribution is -2.05. The Bertz CT molecular complexity index is 530. The first kappa shape index (κ1) is 12.8. The second-order valence-corrected chi connectivity index (χ2v) is 4.70. The second-order valence-electron chi connectivity index (χ2n) is 3.84. The molecule has 0 amide bonds. The quantitative estimate of drug-likeness (QED) is 0.779. The zero-order valence-electron chi connectivity index (χ0n) is 10.4. The summed E-state index contributed by atoms with van der Waals surface area (Å²) in [4.78, 5) is 15.7. The maximum atomic E-state index is 11.2. The molecule has 0 radical (unpaired) electrons. The molecule has 0 aliphatic rings. The molecule has 0 fully saturated rings. The van der Waals surface area contributed by atoms with Crippen molar-refractivity contribution in [3.63, 3.8) is 0 Å². The molecule has 2 aromatic rings. The summed E-state index contributed by atoms with van der Waals surface area (Å²) in [6.07, 6.45) is 2.65. The van der Waals surface area contributed by atoms with Crippen molar-refractivity contribution in [2.45, 2.75) is 26.7 Å². The van der Waals surface area contributed by atoms with E-state index >= 15 is 0 Å². The summed E-state index contributed by atoms with van der Waals surface area (Å²) < 4.78 is 10.1. The minimum atomic E-state index is -0.174. The standard InChI is InChI=1S/C13H15NO3S/c1-3-16-12(15)5-4-10-8-18-13(14-10)11-6-7-17-9(11)2/h6-8H,3-5H2,1-2H3. The van der Waals surface area contributed by atoms with Gasteiger partial charge in [-0.05, 0) is 19.9 Å². The second kappa shape index (κ2) is 5.82. The lowest BCUT2D eigenvalue weighted by molar-refractivity contribution is -0.143. The van der Waals surface area contributed by atoms with Gasteiger partial charge in [0.05, 0.1) is 30.5 Å². The topological polar surface area (TPSA) is 52.3 Å². The first-order valence-corrected chi connectivity index (χ1v) is 6.73. The summed E-state index contributed by atoms with van der Waals surface area (Å²) in [6.45, 7) is 4.14. The number of rotatable bonds is 5. The maximum absolute atomic E-state index is 11.2. The molecule has 18 heavy (non-hydrogen) atoms. The number of carbonyl (C=O) groups is 1. The van der Waals surface area contributed by atoms with Crippen LogP contribution in [-0.2, 0) is 16.0 Å². The molecule has 0 saturated carbocycles. The number of aryl methyl sites for hydroxylation is 2. The number of carbonyl (C=O) groups excluding carboxylic acids is 1. The van der Waals surface area contributed by atoms with E-state index in [1.165, 1.54) is 0 Å². The normalized spacial score (nSPS) is 10.6. The van der Waals surface area contributed by atoms with Gasteiger partial charge < -0.3 is 9.15 Å². The Balaban J connectivity index is 1.99. The molecule has 0 aliphatic heterocycles. The van der Waals surface area contributed by atoms with Gasteiger partial charge in [-0.15, -0.1) is 11.3 Å². The molecular weight excluding hydrogens is 250 g/mol. The van der Waals surface area contributed by atoms with Crippen molar-refractivity contribution in [3.05, 3.63) is 29.2 Å². The van der Waals surface area contributed by atoms with Gasteiger partial charge in [0.2, 0.25) is 0 Å². The Morgan fingerprint density at radius 3 is 3.06 bits per heavy atom. The van der Waals surface area contributed by atoms with Crippen molar-refractivity contribution in [1.82, 2.24) is 4.98 Å². The summed E-state index contributed by atoms with van der Waals surface area (Å²) in [7, 11) is 0. The van der Waals surface area contributed by atoms with Gasteiger partial charge in [-0.1, -0.05) is 0 Å². The van der Waals surface area contributed by atoms with Crippen LogP contribution in [0.4, 0.5) is 0 Å². The molecule has 0 N–H and O–H groups in total. The molecule has 2 rings (SSSR count). The molecule has 0 bridgehead atoms. The van der Waals surface area contributed by atoms with Crippen LogP contribution in [0.1, 0.15) is 24.8 Å². The summed E-state index contributed by atoms with van der Waals surface area (Å²) in [5, 5.41) is 2.90. The highest BCUT2D eigenvalue weighted by Crippen LogP contribution is 2.27. The van der Waals surface area contributed by atoms with Gasteiger partial charge in [0, 0.05) is 11.8 Å². The van der Waals surface area contributed by atoms with Crippen LogP contribution in [0.15, 0.2) is 22.1 Å². The Hall–Kier alpha value is -1.62. The largest absolute Gasteiger partial charge is 0.469 e. The maximum Gasteiger partial charge on any atom is 0.306 e. The van der Waals surface area contributed by atoms with Crippen molar-refractivity contribution in [1.29, 1.82) is 0 Å². The van der Waals surface area contributed by atoms with E-state index in [1.54, 1.807) is 24.5 Å². The van der Waals surface area contributed by atoms with Gasteiger partial charge in [-0.25, -0.2) is 4.98 Å². The Kier molecular flexibility index (Phi) is 4.15. The van der Waals surface area contributed by atoms with Crippen LogP contribution >= 0.6 is 11.3 Å². The first-order valence-electron chi connectivity index (χ1n) is 5.85. The Labute approximate surface area is 110 Å². The summed E-state index contributed by atoms with van der Waals surface area (Å²) in [6, 6.07) is 1.91. The van der Waals surface area contributed by atoms with E-state index in [-0.39, 0.29) is 5.97 Å². The molecule has 0 saturated heterocycles. The van der Waals surface area contributed by atoms with Crippen molar-refractivity contribution in [2.24, 2.45) is 0 Å². The summed E-state index contributed by atoms with van der Waals surface area (Å²) in [5.74, 6) is 0.688. The molecule has 0 aromatic carbocycles. The number of hydrogen-bond donors (Lipinski definition) is 0. The van der Waals surface area contributed by atoms with Crippen molar-refractivity contribution >= 4 is 17.3 Å². The van der Waals surface area contributed by atoms with E-state index in [4.69, 9.17) is 9.15 Å². The smallest absolute Gasteiger partial charge is 0.306 e. The molecule has 96 valence electrons. The van der Waals surface area contributed by atoms with Crippen molar-refractivity contribution < 1.29 is 13.9 Å². The number of furan rings is 1. The fourth-order valence-corrected chi connectivity index (χ4v) is 2.54. The Morgan fingerprint density at radius 1 is 1.56 bits per heavy atom. The minimum Gasteiger partial charge on any atom is -0.469 e. The lowest BCUT2D eigenvalue weighted by Gasteiger charge is -1.99. The molecule has 0 atom stereocenters. The highest BCUT2D eigenvalue weighted by Gasteiger charge is 2.10. The van der Waals surface area contributed by atoms with Gasteiger partial charge in [-0.3, -0.25) is 4.79 Å². The number of aromatic nitrogens is 1. The monoisotopic (exact) mass is 265 g/mol. The van der Waals surface area contributed by atoms with E-state index < -0.39 is 0 Å². The average molecular weight is 265 g/mol. The fraction of sp³-hybridized carbons (Fsp3) is 0.385. The third kappa shape index (κ3) is 2.98. The number of hydrogen-bond acceptors (Lipinski definition) is 5. The van der Waals surface area contributed by atoms with Crippen LogP contribution < -0.4 is 0 Å². The zero-order chi connectivity index (χ0) is 13.0. The van der Waals surface area contributed by atoms with E-state index in [0.717, 1.165) is 22.0 Å². The molecule has 0 unspecified atom stereocenters. The number of ether oxygens (including phenoxy) is 1. The van der Waals surface area contributed by atoms with Gasteiger partial charge in [0.1, 0.15) is 10.8 Å². The van der Waals surface area contributed by atoms with E-state index in [9.17, 15) is 4.79 Å². The van der Waals surface area contributed by atoms with Crippen molar-refractivity contribution in [3.8, 4) is 10.6 Å². The first-order chi connectivity index (χ1) is 8.70. The van der Waals surface area contributed by atoms with Crippen LogP contribution in [-0.4, -0.2) is 17.6 Å². The van der Waals surface area contributed by atoms with E-state index in [2.05, 4.69) is 4.98 Å². The molecule has 2 heterocycles. The average Bonchev–Trinajstić information content (AvgIpc) is 2.95. The van der Waals surface area contributed by atoms with Crippen LogP contribution in [0.25, 0.3) is 10.6 Å². The summed E-state index contributed by atoms with van der Waals surface area (Å²) in [5.41, 5.74) is 1.94.